The van der Waals surface area contributed by atoms with Gasteiger partial charge in [0.1, 0.15) is 0 Å². The number of amides is 1. The molecule has 18 heavy (non-hydrogen) atoms. The van der Waals surface area contributed by atoms with Gasteiger partial charge in [0.25, 0.3) is 0 Å². The molecule has 0 aromatic carbocycles. The van der Waals surface area contributed by atoms with E-state index in [9.17, 15) is 14.7 Å². The van der Waals surface area contributed by atoms with Crippen LogP contribution in [0.25, 0.3) is 0 Å². The van der Waals surface area contributed by atoms with Crippen molar-refractivity contribution in [3.8, 4) is 0 Å². The average molecular weight is 255 g/mol. The van der Waals surface area contributed by atoms with Gasteiger partial charge in [0.05, 0.1) is 5.41 Å². The molecule has 0 bridgehead atoms. The van der Waals surface area contributed by atoms with E-state index in [1.165, 1.54) is 0 Å². The zero-order valence-electron chi connectivity index (χ0n) is 11.9. The van der Waals surface area contributed by atoms with E-state index in [1.54, 1.807) is 6.92 Å². The highest BCUT2D eigenvalue weighted by Crippen LogP contribution is 2.34. The Kier molecular flexibility index (Phi) is 4.77. The molecule has 1 aliphatic rings. The predicted octanol–water partition coefficient (Wildman–Crippen LogP) is 2.52. The molecule has 4 heteroatoms. The number of hydrogen-bond donors (Lipinski definition) is 1. The van der Waals surface area contributed by atoms with Crippen LogP contribution >= 0.6 is 0 Å². The third kappa shape index (κ3) is 3.24. The third-order valence-electron chi connectivity index (χ3n) is 4.05. The molecular weight excluding hydrogens is 230 g/mol. The van der Waals surface area contributed by atoms with Gasteiger partial charge in [-0.25, -0.2) is 0 Å². The summed E-state index contributed by atoms with van der Waals surface area (Å²) in [6, 6.07) is 0.364. The Balaban J connectivity index is 2.73. The lowest BCUT2D eigenvalue weighted by Crippen LogP contribution is -2.42. The molecular formula is C14H25NO3. The highest BCUT2D eigenvalue weighted by atomic mass is 16.4. The molecule has 0 aliphatic heterocycles. The summed E-state index contributed by atoms with van der Waals surface area (Å²) >= 11 is 0. The standard InChI is InChI=1S/C14H25NO3/c1-5-8-15(11-6-7-11)12(16)9-14(4,10(2)3)13(17)18/h10-11H,5-9H2,1-4H3,(H,17,18). The molecule has 0 aromatic heterocycles. The summed E-state index contributed by atoms with van der Waals surface area (Å²) in [7, 11) is 0. The summed E-state index contributed by atoms with van der Waals surface area (Å²) < 4.78 is 0. The van der Waals surface area contributed by atoms with Gasteiger partial charge in [0, 0.05) is 19.0 Å². The lowest BCUT2D eigenvalue weighted by molar-refractivity contribution is -0.155. The fraction of sp³-hybridized carbons (Fsp3) is 0.857. The smallest absolute Gasteiger partial charge is 0.310 e. The van der Waals surface area contributed by atoms with E-state index >= 15 is 0 Å². The number of carboxylic acids is 1. The summed E-state index contributed by atoms with van der Waals surface area (Å²) in [5.41, 5.74) is -0.960. The maximum atomic E-state index is 12.3. The third-order valence-corrected chi connectivity index (χ3v) is 4.05. The van der Waals surface area contributed by atoms with Crippen LogP contribution in [0.3, 0.4) is 0 Å². The van der Waals surface area contributed by atoms with Crippen molar-refractivity contribution in [3.63, 3.8) is 0 Å². The lowest BCUT2D eigenvalue weighted by atomic mass is 9.76. The molecule has 1 saturated carbocycles. The van der Waals surface area contributed by atoms with Crippen LogP contribution in [0.5, 0.6) is 0 Å². The number of hydrogen-bond acceptors (Lipinski definition) is 2. The number of rotatable bonds is 7. The summed E-state index contributed by atoms with van der Waals surface area (Å²) in [5.74, 6) is -0.933. The van der Waals surface area contributed by atoms with Gasteiger partial charge in [0.2, 0.25) is 5.91 Å². The van der Waals surface area contributed by atoms with Crippen LogP contribution in [-0.2, 0) is 9.59 Å². The second-order valence-electron chi connectivity index (χ2n) is 5.87. The van der Waals surface area contributed by atoms with Gasteiger partial charge in [-0.15, -0.1) is 0 Å². The van der Waals surface area contributed by atoms with Gasteiger partial charge in [-0.05, 0) is 32.1 Å². The van der Waals surface area contributed by atoms with E-state index in [-0.39, 0.29) is 18.2 Å². The Morgan fingerprint density at radius 2 is 1.94 bits per heavy atom. The molecule has 4 nitrogen and oxygen atoms in total. The molecule has 0 radical (unpaired) electrons. The van der Waals surface area contributed by atoms with Gasteiger partial charge in [0.15, 0.2) is 0 Å². The second kappa shape index (κ2) is 5.72. The molecule has 0 spiro atoms. The first-order chi connectivity index (χ1) is 8.32. The first-order valence-corrected chi connectivity index (χ1v) is 6.85. The van der Waals surface area contributed by atoms with Crippen molar-refractivity contribution in [3.05, 3.63) is 0 Å². The van der Waals surface area contributed by atoms with E-state index in [0.717, 1.165) is 25.8 Å². The lowest BCUT2D eigenvalue weighted by Gasteiger charge is -2.31. The first kappa shape index (κ1) is 15.0. The zero-order valence-corrected chi connectivity index (χ0v) is 11.9. The van der Waals surface area contributed by atoms with Crippen molar-refractivity contribution >= 4 is 11.9 Å². The van der Waals surface area contributed by atoms with E-state index in [1.807, 2.05) is 25.7 Å². The Labute approximate surface area is 109 Å². The Hall–Kier alpha value is -1.06. The summed E-state index contributed by atoms with van der Waals surface area (Å²) in [5, 5.41) is 9.35. The minimum Gasteiger partial charge on any atom is -0.481 e. The van der Waals surface area contributed by atoms with Crippen LogP contribution in [-0.4, -0.2) is 34.5 Å². The Morgan fingerprint density at radius 3 is 2.28 bits per heavy atom. The summed E-state index contributed by atoms with van der Waals surface area (Å²) in [6.07, 6.45) is 3.17. The van der Waals surface area contributed by atoms with E-state index < -0.39 is 11.4 Å². The molecule has 1 aliphatic carbocycles. The minimum atomic E-state index is -0.960. The van der Waals surface area contributed by atoms with Crippen molar-refractivity contribution in [2.24, 2.45) is 11.3 Å². The van der Waals surface area contributed by atoms with Gasteiger partial charge < -0.3 is 10.0 Å². The van der Waals surface area contributed by atoms with Crippen molar-refractivity contribution in [1.82, 2.24) is 4.90 Å². The van der Waals surface area contributed by atoms with Crippen molar-refractivity contribution in [2.75, 3.05) is 6.54 Å². The number of carboxylic acid groups (broad SMARTS) is 1. The molecule has 1 rings (SSSR count). The highest BCUT2D eigenvalue weighted by molar-refractivity contribution is 5.85. The Bertz CT molecular complexity index is 323. The molecule has 1 atom stereocenters. The first-order valence-electron chi connectivity index (χ1n) is 6.85. The number of carbonyl (C=O) groups excluding carboxylic acids is 1. The second-order valence-corrected chi connectivity index (χ2v) is 5.87. The van der Waals surface area contributed by atoms with E-state index in [4.69, 9.17) is 0 Å². The zero-order chi connectivity index (χ0) is 13.9. The monoisotopic (exact) mass is 255 g/mol. The summed E-state index contributed by atoms with van der Waals surface area (Å²) in [4.78, 5) is 25.6. The maximum Gasteiger partial charge on any atom is 0.310 e. The van der Waals surface area contributed by atoms with Gasteiger partial charge >= 0.3 is 5.97 Å². The Morgan fingerprint density at radius 1 is 1.39 bits per heavy atom. The maximum absolute atomic E-state index is 12.3. The molecule has 1 unspecified atom stereocenters. The largest absolute Gasteiger partial charge is 0.481 e. The van der Waals surface area contributed by atoms with Gasteiger partial charge in [-0.3, -0.25) is 9.59 Å². The van der Waals surface area contributed by atoms with Gasteiger partial charge in [-0.2, -0.15) is 0 Å². The minimum absolute atomic E-state index is 0.00190. The van der Waals surface area contributed by atoms with Crippen LogP contribution in [0.4, 0.5) is 0 Å². The molecule has 0 aromatic rings. The predicted molar refractivity (Wildman–Crippen MR) is 70.2 cm³/mol. The number of aliphatic carboxylic acids is 1. The van der Waals surface area contributed by atoms with E-state index in [2.05, 4.69) is 0 Å². The molecule has 104 valence electrons. The molecule has 1 N–H and O–H groups in total. The molecule has 1 amide bonds. The fourth-order valence-electron chi connectivity index (χ4n) is 2.08. The average Bonchev–Trinajstić information content (AvgIpc) is 3.08. The van der Waals surface area contributed by atoms with Crippen molar-refractivity contribution in [2.45, 2.75) is 59.4 Å². The normalized spacial score (nSPS) is 18.5. The number of carbonyl (C=O) groups is 2. The summed E-state index contributed by atoms with van der Waals surface area (Å²) in [6.45, 7) is 8.19. The molecule has 1 fully saturated rings. The van der Waals surface area contributed by atoms with Crippen LogP contribution in [0, 0.1) is 11.3 Å². The van der Waals surface area contributed by atoms with Crippen LogP contribution in [0.15, 0.2) is 0 Å². The topological polar surface area (TPSA) is 57.6 Å². The van der Waals surface area contributed by atoms with Crippen LogP contribution in [0.1, 0.15) is 53.4 Å². The highest BCUT2D eigenvalue weighted by Gasteiger charge is 2.42. The van der Waals surface area contributed by atoms with E-state index in [0.29, 0.717) is 6.04 Å². The van der Waals surface area contributed by atoms with Crippen LogP contribution < -0.4 is 0 Å². The van der Waals surface area contributed by atoms with Gasteiger partial charge in [-0.1, -0.05) is 20.8 Å². The molecule has 0 saturated heterocycles. The van der Waals surface area contributed by atoms with Crippen molar-refractivity contribution < 1.29 is 14.7 Å². The quantitative estimate of drug-likeness (QED) is 0.760. The van der Waals surface area contributed by atoms with Crippen LogP contribution in [0.2, 0.25) is 0 Å². The fourth-order valence-corrected chi connectivity index (χ4v) is 2.08. The number of nitrogens with zero attached hydrogens (tertiary/aromatic N) is 1. The SMILES string of the molecule is CCCN(C(=O)CC(C)(C(=O)O)C(C)C)C1CC1. The molecule has 0 heterocycles. The van der Waals surface area contributed by atoms with Crippen molar-refractivity contribution in [1.29, 1.82) is 0 Å².